The van der Waals surface area contributed by atoms with E-state index in [0.29, 0.717) is 25.6 Å². The summed E-state index contributed by atoms with van der Waals surface area (Å²) in [5.74, 6) is 0.322. The van der Waals surface area contributed by atoms with Gasteiger partial charge in [0.05, 0.1) is 6.54 Å². The Hall–Kier alpha value is -3.87. The van der Waals surface area contributed by atoms with Crippen LogP contribution in [-0.2, 0) is 22.7 Å². The first-order chi connectivity index (χ1) is 19.3. The van der Waals surface area contributed by atoms with Crippen molar-refractivity contribution >= 4 is 28.6 Å². The van der Waals surface area contributed by atoms with Gasteiger partial charge in [0.25, 0.3) is 0 Å². The van der Waals surface area contributed by atoms with Crippen molar-refractivity contribution in [1.29, 1.82) is 0 Å². The fraction of sp³-hybridized carbons (Fsp3) is 0.424. The van der Waals surface area contributed by atoms with Crippen LogP contribution in [0.15, 0.2) is 66.7 Å². The predicted octanol–water partition coefficient (Wildman–Crippen LogP) is 5.49. The Balaban J connectivity index is 1.40. The maximum atomic E-state index is 13.9. The molecule has 40 heavy (non-hydrogen) atoms. The molecule has 5 rings (SSSR count). The van der Waals surface area contributed by atoms with Gasteiger partial charge in [0.2, 0.25) is 11.8 Å². The molecule has 0 aromatic heterocycles. The fourth-order valence-electron chi connectivity index (χ4n) is 5.99. The lowest BCUT2D eigenvalue weighted by atomic mass is 9.91. The van der Waals surface area contributed by atoms with Crippen LogP contribution in [0.1, 0.15) is 63.1 Å². The lowest BCUT2D eigenvalue weighted by Gasteiger charge is -2.53. The predicted molar refractivity (Wildman–Crippen MR) is 157 cm³/mol. The first-order valence-electron chi connectivity index (χ1n) is 14.5. The Kier molecular flexibility index (Phi) is 8.10. The molecule has 7 nitrogen and oxygen atoms in total. The van der Waals surface area contributed by atoms with Crippen LogP contribution in [0.2, 0.25) is 0 Å². The minimum atomic E-state index is -0.592. The summed E-state index contributed by atoms with van der Waals surface area (Å²) in [7, 11) is 0. The van der Waals surface area contributed by atoms with E-state index in [-0.39, 0.29) is 36.7 Å². The molecule has 3 aromatic rings. The standard InChI is InChI=1S/C33H40N4O3/c1-5-23(4)31-32(39)35(20-27-11-8-10-26-9-6-7-12-28(26)27)21-29-36(18-17-30(38)37(29)31)33(40)34-19-24-13-15-25(16-14-24)22(2)3/h6-16,22-23,29,31H,5,17-21H2,1-4H3,(H,34,40)/t23-,29+,31-/m0/s1. The van der Waals surface area contributed by atoms with Crippen LogP contribution < -0.4 is 5.32 Å². The van der Waals surface area contributed by atoms with Crippen molar-refractivity contribution in [2.45, 2.75) is 71.8 Å². The molecule has 7 heteroatoms. The van der Waals surface area contributed by atoms with Crippen LogP contribution >= 0.6 is 0 Å². The Morgan fingerprint density at radius 1 is 0.975 bits per heavy atom. The molecular weight excluding hydrogens is 500 g/mol. The van der Waals surface area contributed by atoms with E-state index in [0.717, 1.165) is 28.3 Å². The van der Waals surface area contributed by atoms with Crippen molar-refractivity contribution in [2.24, 2.45) is 5.92 Å². The highest BCUT2D eigenvalue weighted by Crippen LogP contribution is 2.32. The average Bonchev–Trinajstić information content (AvgIpc) is 2.96. The zero-order chi connectivity index (χ0) is 28.4. The van der Waals surface area contributed by atoms with Gasteiger partial charge in [0, 0.05) is 26.1 Å². The number of rotatable bonds is 7. The van der Waals surface area contributed by atoms with Crippen molar-refractivity contribution in [3.63, 3.8) is 0 Å². The number of piperazine rings is 1. The van der Waals surface area contributed by atoms with Gasteiger partial charge in [-0.2, -0.15) is 0 Å². The molecular formula is C33H40N4O3. The van der Waals surface area contributed by atoms with Gasteiger partial charge in [-0.05, 0) is 39.3 Å². The number of amides is 4. The molecule has 2 saturated heterocycles. The van der Waals surface area contributed by atoms with E-state index >= 15 is 0 Å². The third kappa shape index (κ3) is 5.42. The van der Waals surface area contributed by atoms with Gasteiger partial charge in [-0.15, -0.1) is 0 Å². The summed E-state index contributed by atoms with van der Waals surface area (Å²) in [6, 6.07) is 21.8. The maximum absolute atomic E-state index is 13.9. The quantitative estimate of drug-likeness (QED) is 0.431. The molecule has 0 unspecified atom stereocenters. The number of nitrogens with zero attached hydrogens (tertiary/aromatic N) is 3. The molecule has 210 valence electrons. The van der Waals surface area contributed by atoms with Gasteiger partial charge in [0.15, 0.2) is 0 Å². The summed E-state index contributed by atoms with van der Waals surface area (Å²) in [6.45, 7) is 9.84. The summed E-state index contributed by atoms with van der Waals surface area (Å²) in [4.78, 5) is 46.1. The number of nitrogens with one attached hydrogen (secondary N) is 1. The largest absolute Gasteiger partial charge is 0.334 e. The molecule has 0 spiro atoms. The van der Waals surface area contributed by atoms with Gasteiger partial charge in [0.1, 0.15) is 12.2 Å². The van der Waals surface area contributed by atoms with Crippen molar-refractivity contribution in [3.05, 3.63) is 83.4 Å². The van der Waals surface area contributed by atoms with Crippen LogP contribution in [0.3, 0.4) is 0 Å². The fourth-order valence-corrected chi connectivity index (χ4v) is 5.99. The monoisotopic (exact) mass is 540 g/mol. The molecule has 1 N–H and O–H groups in total. The van der Waals surface area contributed by atoms with E-state index < -0.39 is 12.2 Å². The van der Waals surface area contributed by atoms with Crippen LogP contribution in [0.5, 0.6) is 0 Å². The lowest BCUT2D eigenvalue weighted by Crippen LogP contribution is -2.72. The van der Waals surface area contributed by atoms with Crippen molar-refractivity contribution in [3.8, 4) is 0 Å². The second-order valence-corrected chi connectivity index (χ2v) is 11.5. The number of carbonyl (C=O) groups is 3. The Bertz CT molecular complexity index is 1380. The zero-order valence-electron chi connectivity index (χ0n) is 24.0. The number of benzene rings is 3. The van der Waals surface area contributed by atoms with Crippen LogP contribution in [0.25, 0.3) is 10.8 Å². The molecule has 0 radical (unpaired) electrons. The summed E-state index contributed by atoms with van der Waals surface area (Å²) < 4.78 is 0. The second-order valence-electron chi connectivity index (χ2n) is 11.5. The van der Waals surface area contributed by atoms with Crippen LogP contribution in [-0.4, -0.2) is 57.8 Å². The summed E-state index contributed by atoms with van der Waals surface area (Å²) >= 11 is 0. The van der Waals surface area contributed by atoms with Crippen molar-refractivity contribution < 1.29 is 14.4 Å². The number of hydrogen-bond acceptors (Lipinski definition) is 3. The molecule has 4 amide bonds. The Morgan fingerprint density at radius 2 is 1.70 bits per heavy atom. The van der Waals surface area contributed by atoms with E-state index in [4.69, 9.17) is 0 Å². The van der Waals surface area contributed by atoms with Crippen LogP contribution in [0, 0.1) is 5.92 Å². The number of urea groups is 1. The number of fused-ring (bicyclic) bond motifs is 2. The highest BCUT2D eigenvalue weighted by molar-refractivity contribution is 5.92. The summed E-state index contributed by atoms with van der Waals surface area (Å²) in [6.07, 6.45) is 0.473. The SMILES string of the molecule is CC[C@H](C)[C@H]1C(=O)N(Cc2cccc3ccccc23)C[C@@H]2N(C(=O)NCc3ccc(C(C)C)cc3)CCC(=O)N12. The molecule has 2 aliphatic heterocycles. The smallest absolute Gasteiger partial charge is 0.319 e. The molecule has 3 atom stereocenters. The van der Waals surface area contributed by atoms with E-state index in [9.17, 15) is 14.4 Å². The molecule has 0 bridgehead atoms. The Labute approximate surface area is 237 Å². The van der Waals surface area contributed by atoms with E-state index in [1.165, 1.54) is 5.56 Å². The molecule has 0 aliphatic carbocycles. The number of hydrogen-bond donors (Lipinski definition) is 1. The highest BCUT2D eigenvalue weighted by Gasteiger charge is 2.50. The van der Waals surface area contributed by atoms with Gasteiger partial charge in [-0.3, -0.25) is 9.59 Å². The van der Waals surface area contributed by atoms with Crippen LogP contribution in [0.4, 0.5) is 4.79 Å². The maximum Gasteiger partial charge on any atom is 0.319 e. The molecule has 0 saturated carbocycles. The minimum Gasteiger partial charge on any atom is -0.334 e. The van der Waals surface area contributed by atoms with E-state index in [1.807, 2.05) is 49.1 Å². The highest BCUT2D eigenvalue weighted by atomic mass is 16.2. The van der Waals surface area contributed by atoms with Gasteiger partial charge in [-0.1, -0.05) is 101 Å². The van der Waals surface area contributed by atoms with Crippen molar-refractivity contribution in [1.82, 2.24) is 20.0 Å². The van der Waals surface area contributed by atoms with Gasteiger partial charge >= 0.3 is 6.03 Å². The van der Waals surface area contributed by atoms with Gasteiger partial charge < -0.3 is 20.0 Å². The molecule has 2 aliphatic rings. The molecule has 2 fully saturated rings. The average molecular weight is 541 g/mol. The number of carbonyl (C=O) groups excluding carboxylic acids is 3. The first-order valence-corrected chi connectivity index (χ1v) is 14.5. The normalized spacial score (nSPS) is 20.2. The summed E-state index contributed by atoms with van der Waals surface area (Å²) in [5, 5.41) is 5.30. The molecule has 2 heterocycles. The van der Waals surface area contributed by atoms with Gasteiger partial charge in [-0.25, -0.2) is 4.79 Å². The first kappa shape index (κ1) is 27.7. The van der Waals surface area contributed by atoms with E-state index in [1.54, 1.807) is 9.80 Å². The zero-order valence-corrected chi connectivity index (χ0v) is 24.0. The topological polar surface area (TPSA) is 73.0 Å². The minimum absolute atomic E-state index is 0.0308. The lowest BCUT2D eigenvalue weighted by molar-refractivity contribution is -0.170. The van der Waals surface area contributed by atoms with E-state index in [2.05, 4.69) is 55.6 Å². The summed E-state index contributed by atoms with van der Waals surface area (Å²) in [5.41, 5.74) is 3.34. The van der Waals surface area contributed by atoms with Crippen molar-refractivity contribution in [2.75, 3.05) is 13.1 Å². The third-order valence-electron chi connectivity index (χ3n) is 8.56. The second kappa shape index (κ2) is 11.7. The third-order valence-corrected chi connectivity index (χ3v) is 8.56. The molecule has 3 aromatic carbocycles. The Morgan fingerprint density at radius 3 is 2.42 bits per heavy atom.